The van der Waals surface area contributed by atoms with Gasteiger partial charge in [-0.3, -0.25) is 9.69 Å². The minimum atomic E-state index is -4.70. The first kappa shape index (κ1) is 23.2. The quantitative estimate of drug-likeness (QED) is 0.629. The zero-order chi connectivity index (χ0) is 22.4. The molecule has 1 fully saturated rings. The van der Waals surface area contributed by atoms with Crippen molar-refractivity contribution in [3.63, 3.8) is 0 Å². The molecule has 7 nitrogen and oxygen atoms in total. The Balaban J connectivity index is 1.55. The van der Waals surface area contributed by atoms with Crippen molar-refractivity contribution < 1.29 is 22.5 Å². The number of carbonyl (C=O) groups is 1. The van der Waals surface area contributed by atoms with Crippen LogP contribution in [-0.4, -0.2) is 83.1 Å². The number of nitrogens with zero attached hydrogens (tertiary/aromatic N) is 5. The third kappa shape index (κ3) is 6.04. The van der Waals surface area contributed by atoms with E-state index in [1.807, 2.05) is 0 Å². The summed E-state index contributed by atoms with van der Waals surface area (Å²) in [5.41, 5.74) is 0.700. The summed E-state index contributed by atoms with van der Waals surface area (Å²) >= 11 is 0. The van der Waals surface area contributed by atoms with Crippen LogP contribution in [0.25, 0.3) is 11.4 Å². The zero-order valence-corrected chi connectivity index (χ0v) is 17.9. The molecule has 0 unspecified atom stereocenters. The lowest BCUT2D eigenvalue weighted by atomic mass is 10.1. The molecule has 0 atom stereocenters. The Bertz CT molecular complexity index is 859. The van der Waals surface area contributed by atoms with Gasteiger partial charge in [-0.15, -0.1) is 0 Å². The Labute approximate surface area is 179 Å². The fourth-order valence-corrected chi connectivity index (χ4v) is 3.66. The van der Waals surface area contributed by atoms with Gasteiger partial charge in [0.05, 0.1) is 0 Å². The second-order valence-corrected chi connectivity index (χ2v) is 7.52. The fourth-order valence-electron chi connectivity index (χ4n) is 3.66. The largest absolute Gasteiger partial charge is 0.471 e. The lowest BCUT2D eigenvalue weighted by molar-refractivity contribution is -0.159. The van der Waals surface area contributed by atoms with E-state index in [9.17, 15) is 18.0 Å². The van der Waals surface area contributed by atoms with Crippen molar-refractivity contribution in [3.8, 4) is 11.4 Å². The normalized spacial score (nSPS) is 15.6. The molecule has 0 spiro atoms. The van der Waals surface area contributed by atoms with Crippen LogP contribution >= 0.6 is 0 Å². The lowest BCUT2D eigenvalue weighted by Crippen LogP contribution is -2.49. The summed E-state index contributed by atoms with van der Waals surface area (Å²) in [6.07, 6.45) is -3.61. The predicted octanol–water partition coefficient (Wildman–Crippen LogP) is 3.25. The average Bonchev–Trinajstić information content (AvgIpc) is 3.28. The number of hydrogen-bond donors (Lipinski definition) is 0. The van der Waals surface area contributed by atoms with Gasteiger partial charge >= 0.3 is 12.1 Å². The van der Waals surface area contributed by atoms with E-state index in [0.29, 0.717) is 24.2 Å². The summed E-state index contributed by atoms with van der Waals surface area (Å²) in [4.78, 5) is 22.8. The molecule has 0 saturated carbocycles. The predicted molar refractivity (Wildman–Crippen MR) is 109 cm³/mol. The Morgan fingerprint density at radius 2 is 1.87 bits per heavy atom. The molecule has 1 aliphatic heterocycles. The number of halogens is 3. The number of rotatable bonds is 8. The summed E-state index contributed by atoms with van der Waals surface area (Å²) < 4.78 is 42.3. The van der Waals surface area contributed by atoms with E-state index in [1.165, 1.54) is 6.07 Å². The second-order valence-electron chi connectivity index (χ2n) is 7.52. The van der Waals surface area contributed by atoms with Gasteiger partial charge in [-0.2, -0.15) is 18.2 Å². The van der Waals surface area contributed by atoms with Crippen molar-refractivity contribution in [1.82, 2.24) is 24.8 Å². The van der Waals surface area contributed by atoms with Gasteiger partial charge in [0.15, 0.2) is 0 Å². The highest BCUT2D eigenvalue weighted by Crippen LogP contribution is 2.29. The van der Waals surface area contributed by atoms with Crippen molar-refractivity contribution in [2.24, 2.45) is 0 Å². The van der Waals surface area contributed by atoms with E-state index < -0.39 is 12.1 Å². The topological polar surface area (TPSA) is 65.7 Å². The molecule has 0 radical (unpaired) electrons. The molecule has 31 heavy (non-hydrogen) atoms. The lowest BCUT2D eigenvalue weighted by Gasteiger charge is -2.35. The minimum Gasteiger partial charge on any atom is -0.336 e. The molecule has 0 bridgehead atoms. The molecule has 2 aromatic rings. The van der Waals surface area contributed by atoms with Crippen LogP contribution in [0.1, 0.15) is 36.5 Å². The number of alkyl halides is 3. The van der Waals surface area contributed by atoms with Crippen LogP contribution < -0.4 is 0 Å². The first-order chi connectivity index (χ1) is 14.8. The summed E-state index contributed by atoms with van der Waals surface area (Å²) in [6, 6.07) is 6.31. The van der Waals surface area contributed by atoms with Crippen molar-refractivity contribution in [1.29, 1.82) is 0 Å². The summed E-state index contributed by atoms with van der Waals surface area (Å²) in [5.74, 6) is -1.75. The molecule has 1 amide bonds. The van der Waals surface area contributed by atoms with Gasteiger partial charge in [0.25, 0.3) is 5.91 Å². The van der Waals surface area contributed by atoms with Crippen molar-refractivity contribution in [2.45, 2.75) is 26.4 Å². The highest BCUT2D eigenvalue weighted by molar-refractivity contribution is 5.95. The first-order valence-corrected chi connectivity index (χ1v) is 10.6. The van der Waals surface area contributed by atoms with Crippen LogP contribution in [0.3, 0.4) is 0 Å². The highest BCUT2D eigenvalue weighted by atomic mass is 19.4. The van der Waals surface area contributed by atoms with Gasteiger partial charge in [0, 0.05) is 37.3 Å². The first-order valence-electron chi connectivity index (χ1n) is 10.6. The maximum atomic E-state index is 12.9. The monoisotopic (exact) mass is 439 g/mol. The zero-order valence-electron chi connectivity index (χ0n) is 17.9. The molecule has 1 aromatic carbocycles. The van der Waals surface area contributed by atoms with Gasteiger partial charge < -0.3 is 14.3 Å². The average molecular weight is 439 g/mol. The molecular weight excluding hydrogens is 411 g/mol. The van der Waals surface area contributed by atoms with E-state index in [1.54, 1.807) is 23.1 Å². The van der Waals surface area contributed by atoms with Crippen molar-refractivity contribution >= 4 is 5.91 Å². The third-order valence-corrected chi connectivity index (χ3v) is 5.54. The number of benzene rings is 1. The third-order valence-electron chi connectivity index (χ3n) is 5.54. The Hall–Kier alpha value is -2.46. The van der Waals surface area contributed by atoms with Gasteiger partial charge in [-0.25, -0.2) is 0 Å². The number of hydrogen-bond acceptors (Lipinski definition) is 6. The molecule has 2 heterocycles. The van der Waals surface area contributed by atoms with E-state index in [0.717, 1.165) is 45.7 Å². The number of piperazine rings is 1. The van der Waals surface area contributed by atoms with Crippen LogP contribution in [0.5, 0.6) is 0 Å². The van der Waals surface area contributed by atoms with Gasteiger partial charge in [0.1, 0.15) is 0 Å². The maximum absolute atomic E-state index is 12.9. The molecule has 170 valence electrons. The van der Waals surface area contributed by atoms with E-state index in [2.05, 4.69) is 38.3 Å². The van der Waals surface area contributed by atoms with Gasteiger partial charge in [-0.05, 0) is 44.7 Å². The van der Waals surface area contributed by atoms with E-state index in [-0.39, 0.29) is 11.7 Å². The van der Waals surface area contributed by atoms with Crippen molar-refractivity contribution in [3.05, 3.63) is 35.7 Å². The minimum absolute atomic E-state index is 0.149. The molecular formula is C21H28F3N5O2. The van der Waals surface area contributed by atoms with Gasteiger partial charge in [0.2, 0.25) is 5.82 Å². The SMILES string of the molecule is CCN(CC)CCCN1CCN(C(=O)c2cccc(-c3noc(C(F)(F)F)n3)c2)CC1. The Morgan fingerprint density at radius 3 is 2.48 bits per heavy atom. The second kappa shape index (κ2) is 10.2. The van der Waals surface area contributed by atoms with Crippen LogP contribution in [-0.2, 0) is 6.18 Å². The van der Waals surface area contributed by atoms with Crippen molar-refractivity contribution in [2.75, 3.05) is 52.4 Å². The Kier molecular flexibility index (Phi) is 7.66. The molecule has 0 N–H and O–H groups in total. The number of aromatic nitrogens is 2. The summed E-state index contributed by atoms with van der Waals surface area (Å²) in [5, 5.41) is 3.39. The standard InChI is InChI=1S/C21H28F3N5O2/c1-3-27(4-2)9-6-10-28-11-13-29(14-12-28)19(30)17-8-5-7-16(15-17)18-25-20(31-26-18)21(22,23)24/h5,7-8,15H,3-4,6,9-14H2,1-2H3. The van der Waals surface area contributed by atoms with Crippen LogP contribution in [0.15, 0.2) is 28.8 Å². The maximum Gasteiger partial charge on any atom is 0.471 e. The smallest absolute Gasteiger partial charge is 0.336 e. The molecule has 1 aliphatic rings. The molecule has 3 rings (SSSR count). The highest BCUT2D eigenvalue weighted by Gasteiger charge is 2.38. The van der Waals surface area contributed by atoms with Crippen LogP contribution in [0.2, 0.25) is 0 Å². The number of carbonyl (C=O) groups excluding carboxylic acids is 1. The van der Waals surface area contributed by atoms with E-state index >= 15 is 0 Å². The molecule has 0 aliphatic carbocycles. The Morgan fingerprint density at radius 1 is 1.16 bits per heavy atom. The van der Waals surface area contributed by atoms with E-state index in [4.69, 9.17) is 0 Å². The van der Waals surface area contributed by atoms with Crippen LogP contribution in [0.4, 0.5) is 13.2 Å². The fraction of sp³-hybridized carbons (Fsp3) is 0.571. The molecule has 1 aromatic heterocycles. The molecule has 1 saturated heterocycles. The van der Waals surface area contributed by atoms with Crippen LogP contribution in [0, 0.1) is 0 Å². The van der Waals surface area contributed by atoms with Gasteiger partial charge in [-0.1, -0.05) is 31.1 Å². The molecule has 10 heteroatoms. The summed E-state index contributed by atoms with van der Waals surface area (Å²) in [6.45, 7) is 11.4. The summed E-state index contributed by atoms with van der Waals surface area (Å²) in [7, 11) is 0. The number of amides is 1.